The molecule has 0 amide bonds. The average Bonchev–Trinajstić information content (AvgIpc) is 2.85. The largest absolute Gasteiger partial charge is 0.461 e. The Morgan fingerprint density at radius 3 is 2.95 bits per heavy atom. The summed E-state index contributed by atoms with van der Waals surface area (Å²) in [6.07, 6.45) is 6.82. The van der Waals surface area contributed by atoms with Crippen molar-refractivity contribution in [1.29, 1.82) is 0 Å². The number of aromatic nitrogens is 2. The molecular weight excluding hydrogens is 391 g/mol. The molecule has 0 spiro atoms. The van der Waals surface area contributed by atoms with Crippen molar-refractivity contribution < 1.29 is 9.53 Å². The van der Waals surface area contributed by atoms with Gasteiger partial charge in [0, 0.05) is 6.20 Å². The zero-order chi connectivity index (χ0) is 15.4. The van der Waals surface area contributed by atoms with Gasteiger partial charge in [-0.25, -0.2) is 2.90 Å². The molecule has 0 fully saturated rings. The first-order chi connectivity index (χ1) is 10.7. The van der Waals surface area contributed by atoms with Crippen LogP contribution in [0.5, 0.6) is 0 Å². The number of esters is 1. The number of nitrogens with zero attached hydrogens (tertiary/aromatic N) is 2. The second-order valence-corrected chi connectivity index (χ2v) is 6.72. The summed E-state index contributed by atoms with van der Waals surface area (Å²) in [5.74, 6) is -0.138. The number of halogens is 1. The first-order valence-electron chi connectivity index (χ1n) is 7.66. The molecule has 1 unspecified atom stereocenters. The summed E-state index contributed by atoms with van der Waals surface area (Å²) in [7, 11) is 0. The summed E-state index contributed by atoms with van der Waals surface area (Å²) in [6.45, 7) is 0.356. The maximum absolute atomic E-state index is 12.4. The maximum Gasteiger partial charge on any atom is 0.309 e. The molecular formula is C17H19IN2O2. The van der Waals surface area contributed by atoms with Crippen LogP contribution >= 0.6 is 22.9 Å². The van der Waals surface area contributed by atoms with Crippen LogP contribution in [-0.4, -0.2) is 14.0 Å². The smallest absolute Gasteiger partial charge is 0.309 e. The van der Waals surface area contributed by atoms with E-state index in [2.05, 4.69) is 28.0 Å². The van der Waals surface area contributed by atoms with Gasteiger partial charge in [-0.15, -0.1) is 0 Å². The van der Waals surface area contributed by atoms with Crippen LogP contribution < -0.4 is 0 Å². The predicted molar refractivity (Wildman–Crippen MR) is 92.6 cm³/mol. The summed E-state index contributed by atoms with van der Waals surface area (Å²) >= 11 is 2.16. The minimum absolute atomic E-state index is 0.0524. The monoisotopic (exact) mass is 410 g/mol. The summed E-state index contributed by atoms with van der Waals surface area (Å²) in [5.41, 5.74) is 3.35. The molecule has 1 aliphatic rings. The van der Waals surface area contributed by atoms with Crippen molar-refractivity contribution in [2.45, 2.75) is 38.7 Å². The molecule has 4 nitrogen and oxygen atoms in total. The molecule has 0 N–H and O–H groups in total. The van der Waals surface area contributed by atoms with Gasteiger partial charge in [-0.1, -0.05) is 36.8 Å². The standard InChI is InChI=1S/C17H19IN2O2/c18-20-11-15-10-14(8-4-5-9-16(15)19-20)17(21)22-12-13-6-2-1-3-7-13/h1-3,6-7,11,14H,4-5,8-10,12H2. The van der Waals surface area contributed by atoms with E-state index in [1.807, 2.05) is 39.4 Å². The second-order valence-electron chi connectivity index (χ2n) is 5.73. The van der Waals surface area contributed by atoms with E-state index in [0.29, 0.717) is 6.61 Å². The third kappa shape index (κ3) is 3.88. The van der Waals surface area contributed by atoms with Gasteiger partial charge in [0.25, 0.3) is 0 Å². The lowest BCUT2D eigenvalue weighted by molar-refractivity contribution is -0.150. The molecule has 1 aromatic carbocycles. The minimum Gasteiger partial charge on any atom is -0.461 e. The zero-order valence-electron chi connectivity index (χ0n) is 12.4. The van der Waals surface area contributed by atoms with Gasteiger partial charge < -0.3 is 4.74 Å². The predicted octanol–water partition coefficient (Wildman–Crippen LogP) is 3.71. The van der Waals surface area contributed by atoms with E-state index in [-0.39, 0.29) is 11.9 Å². The van der Waals surface area contributed by atoms with E-state index in [4.69, 9.17) is 4.74 Å². The number of ether oxygens (including phenoxy) is 1. The molecule has 2 aromatic rings. The van der Waals surface area contributed by atoms with Gasteiger partial charge in [0.1, 0.15) is 6.61 Å². The Hall–Kier alpha value is -1.37. The lowest BCUT2D eigenvalue weighted by Gasteiger charge is -2.18. The highest BCUT2D eigenvalue weighted by molar-refractivity contribution is 14.1. The van der Waals surface area contributed by atoms with E-state index in [1.54, 1.807) is 0 Å². The second kappa shape index (κ2) is 7.26. The lowest BCUT2D eigenvalue weighted by Crippen LogP contribution is -2.21. The molecule has 1 heterocycles. The summed E-state index contributed by atoms with van der Waals surface area (Å²) in [6, 6.07) is 9.83. The van der Waals surface area contributed by atoms with E-state index >= 15 is 0 Å². The van der Waals surface area contributed by atoms with Crippen LogP contribution in [0.25, 0.3) is 0 Å². The Balaban J connectivity index is 1.64. The van der Waals surface area contributed by atoms with Gasteiger partial charge in [-0.2, -0.15) is 5.10 Å². The molecule has 1 atom stereocenters. The van der Waals surface area contributed by atoms with Gasteiger partial charge >= 0.3 is 5.97 Å². The van der Waals surface area contributed by atoms with Crippen molar-refractivity contribution in [3.8, 4) is 0 Å². The van der Waals surface area contributed by atoms with E-state index in [1.165, 1.54) is 5.56 Å². The van der Waals surface area contributed by atoms with Crippen LogP contribution in [0.15, 0.2) is 36.5 Å². The number of hydrogen-bond acceptors (Lipinski definition) is 3. The van der Waals surface area contributed by atoms with Gasteiger partial charge in [0.05, 0.1) is 34.5 Å². The molecule has 0 radical (unpaired) electrons. The zero-order valence-corrected chi connectivity index (χ0v) is 14.5. The van der Waals surface area contributed by atoms with E-state index in [9.17, 15) is 4.79 Å². The first kappa shape index (κ1) is 15.5. The quantitative estimate of drug-likeness (QED) is 0.573. The third-order valence-corrected chi connectivity index (χ3v) is 4.58. The summed E-state index contributed by atoms with van der Waals surface area (Å²) < 4.78 is 7.34. The fourth-order valence-corrected chi connectivity index (χ4v) is 3.49. The topological polar surface area (TPSA) is 44.1 Å². The van der Waals surface area contributed by atoms with Gasteiger partial charge in [-0.3, -0.25) is 4.79 Å². The van der Waals surface area contributed by atoms with Gasteiger partial charge in [0.15, 0.2) is 0 Å². The average molecular weight is 410 g/mol. The highest BCUT2D eigenvalue weighted by Crippen LogP contribution is 2.25. The normalized spacial score (nSPS) is 18.1. The summed E-state index contributed by atoms with van der Waals surface area (Å²) in [4.78, 5) is 12.4. The molecule has 3 rings (SSSR count). The Morgan fingerprint density at radius 1 is 1.32 bits per heavy atom. The van der Waals surface area contributed by atoms with Gasteiger partial charge in [-0.05, 0) is 36.8 Å². The number of rotatable bonds is 3. The number of carbonyl (C=O) groups excluding carboxylic acids is 1. The number of benzene rings is 1. The third-order valence-electron chi connectivity index (χ3n) is 4.09. The Labute approximate surface area is 144 Å². The molecule has 0 saturated carbocycles. The molecule has 5 heteroatoms. The van der Waals surface area contributed by atoms with Crippen molar-refractivity contribution in [2.24, 2.45) is 5.92 Å². The SMILES string of the molecule is O=C(OCc1ccccc1)C1CCCCc2nn(I)cc2C1. The highest BCUT2D eigenvalue weighted by atomic mass is 127. The van der Waals surface area contributed by atoms with Crippen LogP contribution in [-0.2, 0) is 29.0 Å². The molecule has 22 heavy (non-hydrogen) atoms. The van der Waals surface area contributed by atoms with Crippen LogP contribution in [0, 0.1) is 5.92 Å². The molecule has 0 bridgehead atoms. The van der Waals surface area contributed by atoms with Crippen molar-refractivity contribution >= 4 is 28.8 Å². The lowest BCUT2D eigenvalue weighted by atomic mass is 9.90. The van der Waals surface area contributed by atoms with Gasteiger partial charge in [0.2, 0.25) is 0 Å². The number of aryl methyl sites for hydroxylation is 1. The molecule has 0 saturated heterocycles. The van der Waals surface area contributed by atoms with Crippen LogP contribution in [0.3, 0.4) is 0 Å². The fraction of sp³-hybridized carbons (Fsp3) is 0.412. The van der Waals surface area contributed by atoms with Crippen molar-refractivity contribution in [1.82, 2.24) is 7.99 Å². The molecule has 1 aromatic heterocycles. The maximum atomic E-state index is 12.4. The molecule has 0 aliphatic heterocycles. The minimum atomic E-state index is -0.0853. The molecule has 116 valence electrons. The van der Waals surface area contributed by atoms with E-state index < -0.39 is 0 Å². The Bertz CT molecular complexity index is 639. The Morgan fingerprint density at radius 2 is 2.14 bits per heavy atom. The number of hydrogen-bond donors (Lipinski definition) is 0. The van der Waals surface area contributed by atoms with Crippen molar-refractivity contribution in [3.63, 3.8) is 0 Å². The van der Waals surface area contributed by atoms with Crippen LogP contribution in [0.4, 0.5) is 0 Å². The van der Waals surface area contributed by atoms with E-state index in [0.717, 1.165) is 43.4 Å². The summed E-state index contributed by atoms with van der Waals surface area (Å²) in [5, 5.41) is 4.49. The van der Waals surface area contributed by atoms with Crippen molar-refractivity contribution in [3.05, 3.63) is 53.3 Å². The Kier molecular flexibility index (Phi) is 5.12. The van der Waals surface area contributed by atoms with Crippen LogP contribution in [0.1, 0.15) is 36.1 Å². The number of fused-ring (bicyclic) bond motifs is 1. The first-order valence-corrected chi connectivity index (χ1v) is 8.63. The molecule has 1 aliphatic carbocycles. The van der Waals surface area contributed by atoms with Crippen molar-refractivity contribution in [2.75, 3.05) is 0 Å². The highest BCUT2D eigenvalue weighted by Gasteiger charge is 2.24. The van der Waals surface area contributed by atoms with Crippen LogP contribution in [0.2, 0.25) is 0 Å². The fourth-order valence-electron chi connectivity index (χ4n) is 2.89. The number of carbonyl (C=O) groups is 1.